The molecule has 2 aromatic rings. The monoisotopic (exact) mass is 244 g/mol. The van der Waals surface area contributed by atoms with Crippen LogP contribution in [0.5, 0.6) is 5.75 Å². The van der Waals surface area contributed by atoms with Gasteiger partial charge in [-0.25, -0.2) is 0 Å². The van der Waals surface area contributed by atoms with E-state index in [0.29, 0.717) is 6.10 Å². The first-order chi connectivity index (χ1) is 8.74. The Labute approximate surface area is 106 Å². The molecule has 0 amide bonds. The van der Waals surface area contributed by atoms with Crippen LogP contribution in [0.1, 0.15) is 30.2 Å². The number of aliphatic hydroxyl groups excluding tert-OH is 1. The van der Waals surface area contributed by atoms with Crippen LogP contribution in [0.4, 0.5) is 0 Å². The lowest BCUT2D eigenvalue weighted by molar-refractivity contribution is 0.208. The summed E-state index contributed by atoms with van der Waals surface area (Å²) in [6.07, 6.45) is 3.65. The third-order valence-corrected chi connectivity index (χ3v) is 3.14. The van der Waals surface area contributed by atoms with Crippen LogP contribution in [0.3, 0.4) is 0 Å². The lowest BCUT2D eigenvalue weighted by Crippen LogP contribution is -2.07. The van der Waals surface area contributed by atoms with Gasteiger partial charge in [-0.1, -0.05) is 12.1 Å². The van der Waals surface area contributed by atoms with E-state index in [9.17, 15) is 5.11 Å². The highest BCUT2D eigenvalue weighted by atomic mass is 16.5. The van der Waals surface area contributed by atoms with Gasteiger partial charge in [0.25, 0.3) is 0 Å². The molecule has 4 nitrogen and oxygen atoms in total. The lowest BCUT2D eigenvalue weighted by atomic mass is 10.1. The molecule has 1 fully saturated rings. The van der Waals surface area contributed by atoms with Gasteiger partial charge in [0.05, 0.1) is 11.8 Å². The van der Waals surface area contributed by atoms with E-state index in [4.69, 9.17) is 4.74 Å². The first-order valence-corrected chi connectivity index (χ1v) is 6.16. The maximum atomic E-state index is 10.3. The number of aryl methyl sites for hydroxylation is 1. The second kappa shape index (κ2) is 4.46. The quantitative estimate of drug-likeness (QED) is 0.895. The van der Waals surface area contributed by atoms with Crippen LogP contribution in [-0.4, -0.2) is 21.0 Å². The predicted octanol–water partition coefficient (Wildman–Crippen LogP) is 2.04. The topological polar surface area (TPSA) is 47.3 Å². The second-order valence-electron chi connectivity index (χ2n) is 4.67. The molecule has 0 radical (unpaired) electrons. The number of rotatable bonds is 4. The van der Waals surface area contributed by atoms with Crippen molar-refractivity contribution in [3.63, 3.8) is 0 Å². The van der Waals surface area contributed by atoms with Crippen molar-refractivity contribution in [2.24, 2.45) is 7.05 Å². The number of aromatic nitrogens is 2. The van der Waals surface area contributed by atoms with Crippen molar-refractivity contribution in [2.45, 2.75) is 25.0 Å². The Kier molecular flexibility index (Phi) is 2.80. The van der Waals surface area contributed by atoms with E-state index in [1.165, 1.54) is 0 Å². The Balaban J connectivity index is 1.84. The van der Waals surface area contributed by atoms with E-state index < -0.39 is 6.10 Å². The standard InChI is InChI=1S/C14H16N2O2/c1-16-13(7-8-15-16)14(17)10-3-2-4-12(9-10)18-11-5-6-11/h2-4,7-9,11,14,17H,5-6H2,1H3. The number of benzene rings is 1. The molecule has 0 saturated heterocycles. The SMILES string of the molecule is Cn1nccc1C(O)c1cccc(OC2CC2)c1. The first kappa shape index (κ1) is 11.3. The van der Waals surface area contributed by atoms with Crippen LogP contribution in [0.15, 0.2) is 36.5 Å². The van der Waals surface area contributed by atoms with Crippen molar-refractivity contribution >= 4 is 0 Å². The molecular formula is C14H16N2O2. The van der Waals surface area contributed by atoms with Gasteiger partial charge < -0.3 is 9.84 Å². The smallest absolute Gasteiger partial charge is 0.121 e. The van der Waals surface area contributed by atoms with Crippen molar-refractivity contribution in [2.75, 3.05) is 0 Å². The Bertz CT molecular complexity index is 546. The zero-order chi connectivity index (χ0) is 12.5. The normalized spacial score (nSPS) is 16.6. The molecule has 0 spiro atoms. The Hall–Kier alpha value is -1.81. The zero-order valence-electron chi connectivity index (χ0n) is 10.3. The molecule has 1 saturated carbocycles. The highest BCUT2D eigenvalue weighted by Crippen LogP contribution is 2.29. The van der Waals surface area contributed by atoms with Gasteiger partial charge in [0.15, 0.2) is 0 Å². The average molecular weight is 244 g/mol. The number of nitrogens with zero attached hydrogens (tertiary/aromatic N) is 2. The molecule has 0 bridgehead atoms. The van der Waals surface area contributed by atoms with Gasteiger partial charge in [-0.2, -0.15) is 5.10 Å². The molecule has 1 atom stereocenters. The van der Waals surface area contributed by atoms with E-state index in [-0.39, 0.29) is 0 Å². The summed E-state index contributed by atoms with van der Waals surface area (Å²) in [5.74, 6) is 0.830. The van der Waals surface area contributed by atoms with Gasteiger partial charge in [0.2, 0.25) is 0 Å². The van der Waals surface area contributed by atoms with Crippen LogP contribution in [0.2, 0.25) is 0 Å². The number of hydrogen-bond donors (Lipinski definition) is 1. The van der Waals surface area contributed by atoms with Gasteiger partial charge in [0, 0.05) is 13.2 Å². The molecule has 0 aliphatic heterocycles. The predicted molar refractivity (Wildman–Crippen MR) is 67.4 cm³/mol. The lowest BCUT2D eigenvalue weighted by Gasteiger charge is -2.13. The molecule has 3 rings (SSSR count). The summed E-state index contributed by atoms with van der Waals surface area (Å²) in [5, 5.41) is 14.4. The molecule has 1 aliphatic rings. The summed E-state index contributed by atoms with van der Waals surface area (Å²) in [6, 6.07) is 9.46. The van der Waals surface area contributed by atoms with Crippen LogP contribution in [-0.2, 0) is 7.05 Å². The summed E-state index contributed by atoms with van der Waals surface area (Å²) < 4.78 is 7.41. The molecule has 1 aliphatic carbocycles. The molecule has 4 heteroatoms. The van der Waals surface area contributed by atoms with Crippen molar-refractivity contribution in [1.82, 2.24) is 9.78 Å². The van der Waals surface area contributed by atoms with Crippen molar-refractivity contribution in [1.29, 1.82) is 0 Å². The molecule has 1 heterocycles. The largest absolute Gasteiger partial charge is 0.490 e. The average Bonchev–Trinajstić information content (AvgIpc) is 3.08. The van der Waals surface area contributed by atoms with Gasteiger partial charge in [-0.05, 0) is 36.6 Å². The number of aliphatic hydroxyl groups is 1. The third-order valence-electron chi connectivity index (χ3n) is 3.14. The highest BCUT2D eigenvalue weighted by molar-refractivity contribution is 5.33. The van der Waals surface area contributed by atoms with Crippen LogP contribution >= 0.6 is 0 Å². The fourth-order valence-corrected chi connectivity index (χ4v) is 1.96. The van der Waals surface area contributed by atoms with Crippen LogP contribution in [0.25, 0.3) is 0 Å². The first-order valence-electron chi connectivity index (χ1n) is 6.16. The fourth-order valence-electron chi connectivity index (χ4n) is 1.96. The van der Waals surface area contributed by atoms with E-state index in [0.717, 1.165) is 29.8 Å². The van der Waals surface area contributed by atoms with E-state index >= 15 is 0 Å². The van der Waals surface area contributed by atoms with E-state index in [2.05, 4.69) is 5.10 Å². The Morgan fingerprint density at radius 2 is 2.22 bits per heavy atom. The number of hydrogen-bond acceptors (Lipinski definition) is 3. The minimum absolute atomic E-state index is 0.370. The second-order valence-corrected chi connectivity index (χ2v) is 4.67. The van der Waals surface area contributed by atoms with E-state index in [1.807, 2.05) is 37.4 Å². The van der Waals surface area contributed by atoms with Gasteiger partial charge in [-0.15, -0.1) is 0 Å². The molecule has 1 unspecified atom stereocenters. The maximum Gasteiger partial charge on any atom is 0.121 e. The van der Waals surface area contributed by atoms with E-state index in [1.54, 1.807) is 10.9 Å². The zero-order valence-corrected chi connectivity index (χ0v) is 10.3. The summed E-state index contributed by atoms with van der Waals surface area (Å²) in [6.45, 7) is 0. The molecular weight excluding hydrogens is 228 g/mol. The summed E-state index contributed by atoms with van der Waals surface area (Å²) >= 11 is 0. The molecule has 18 heavy (non-hydrogen) atoms. The highest BCUT2D eigenvalue weighted by Gasteiger charge is 2.24. The summed E-state index contributed by atoms with van der Waals surface area (Å²) in [4.78, 5) is 0. The summed E-state index contributed by atoms with van der Waals surface area (Å²) in [7, 11) is 1.82. The van der Waals surface area contributed by atoms with Gasteiger partial charge >= 0.3 is 0 Å². The third kappa shape index (κ3) is 2.24. The number of ether oxygens (including phenoxy) is 1. The van der Waals surface area contributed by atoms with Crippen molar-refractivity contribution < 1.29 is 9.84 Å². The summed E-state index contributed by atoms with van der Waals surface area (Å²) in [5.41, 5.74) is 1.61. The molecule has 1 aromatic carbocycles. The molecule has 1 N–H and O–H groups in total. The molecule has 94 valence electrons. The van der Waals surface area contributed by atoms with Crippen molar-refractivity contribution in [3.8, 4) is 5.75 Å². The van der Waals surface area contributed by atoms with Crippen LogP contribution in [0, 0.1) is 0 Å². The Morgan fingerprint density at radius 1 is 1.39 bits per heavy atom. The minimum atomic E-state index is -0.666. The van der Waals surface area contributed by atoms with Crippen LogP contribution < -0.4 is 4.74 Å². The molecule has 1 aromatic heterocycles. The fraction of sp³-hybridized carbons (Fsp3) is 0.357. The maximum absolute atomic E-state index is 10.3. The minimum Gasteiger partial charge on any atom is -0.490 e. The van der Waals surface area contributed by atoms with Crippen molar-refractivity contribution in [3.05, 3.63) is 47.8 Å². The van der Waals surface area contributed by atoms with Gasteiger partial charge in [-0.3, -0.25) is 4.68 Å². The van der Waals surface area contributed by atoms with Gasteiger partial charge in [0.1, 0.15) is 11.9 Å². The Morgan fingerprint density at radius 3 is 2.89 bits per heavy atom.